The van der Waals surface area contributed by atoms with E-state index < -0.39 is 7.12 Å². The largest absolute Gasteiger partial charge is 0.493 e. The Morgan fingerprint density at radius 2 is 0.623 bits per heavy atom. The summed E-state index contributed by atoms with van der Waals surface area (Å²) in [5.74, 6) is 0.232. The first-order chi connectivity index (χ1) is 65.6. The van der Waals surface area contributed by atoms with E-state index in [1.165, 1.54) is 79.4 Å². The van der Waals surface area contributed by atoms with Crippen molar-refractivity contribution in [1.29, 1.82) is 0 Å². The Hall–Kier alpha value is -20.9. The molecule has 138 heavy (non-hydrogen) atoms. The van der Waals surface area contributed by atoms with Gasteiger partial charge in [0.15, 0.2) is 23.9 Å². The Balaban J connectivity index is 0. The highest BCUT2D eigenvalue weighted by molar-refractivity contribution is 7.15. The van der Waals surface area contributed by atoms with Crippen molar-refractivity contribution in [2.75, 3.05) is 6.61 Å². The number of rotatable bonds is 37. The first kappa shape index (κ1) is 119. The first-order valence-electron chi connectivity index (χ1n) is 38.1. The molecular weight excluding hydrogens is 1820 g/mol. The van der Waals surface area contributed by atoms with Crippen molar-refractivity contribution in [3.8, 4) is 5.75 Å². The van der Waals surface area contributed by atoms with Crippen LogP contribution in [0.25, 0.3) is 0 Å². The average Bonchev–Trinajstić information content (AvgIpc) is 1.14. The van der Waals surface area contributed by atoms with Crippen LogP contribution in [-0.4, -0.2) is 219 Å². The van der Waals surface area contributed by atoms with E-state index in [1.54, 1.807) is 67.6 Å². The summed E-state index contributed by atoms with van der Waals surface area (Å²) in [6.07, 6.45) is 27.8. The van der Waals surface area contributed by atoms with E-state index >= 15 is 0 Å². The number of carbonyl (C=O) groups is 2. The molecule has 0 radical (unpaired) electrons. The van der Waals surface area contributed by atoms with Crippen LogP contribution in [0.3, 0.4) is 0 Å². The number of carbonyl (C=O) groups excluding carboxylic acids is 2. The van der Waals surface area contributed by atoms with E-state index in [0.717, 1.165) is 57.7 Å². The van der Waals surface area contributed by atoms with Crippen LogP contribution in [0.5, 0.6) is 5.75 Å². The number of hydrogen-bond donors (Lipinski definition) is 44. The van der Waals surface area contributed by atoms with Crippen LogP contribution < -0.4 is 243 Å². The van der Waals surface area contributed by atoms with Gasteiger partial charge in [-0.2, -0.15) is 15.3 Å². The number of aldehydes is 2. The number of hydrogen-bond acceptors (Lipinski definition) is 25. The zero-order valence-electron chi connectivity index (χ0n) is 74.0. The number of unbranched alkanes of at least 4 members (excludes halogenated alkanes) is 2. The van der Waals surface area contributed by atoms with Gasteiger partial charge in [0.2, 0.25) is 67.6 Å². The molecule has 4 aromatic carbocycles. The fraction of sp³-hybridized carbons (Fsp3) is 0.0857. The zero-order valence-corrected chi connectivity index (χ0v) is 74.9. The van der Waals surface area contributed by atoms with Crippen molar-refractivity contribution in [2.45, 2.75) is 32.6 Å². The van der Waals surface area contributed by atoms with Gasteiger partial charge in [0.05, 0.1) is 35.0 Å². The minimum atomic E-state index is -1.77. The highest BCUT2D eigenvalue weighted by Crippen LogP contribution is 2.17. The van der Waals surface area contributed by atoms with Crippen molar-refractivity contribution < 1.29 is 90.0 Å². The van der Waals surface area contributed by atoms with E-state index in [-0.39, 0.29) is 101 Å². The monoisotopic (exact) mass is 1940 g/mol. The summed E-state index contributed by atoms with van der Waals surface area (Å²) in [5, 5.41) is 114. The summed E-state index contributed by atoms with van der Waals surface area (Å²) < 4.78 is 10.9. The minimum Gasteiger partial charge on any atom is -0.493 e. The van der Waals surface area contributed by atoms with E-state index in [1.807, 2.05) is 67.6 Å². The molecule has 6 rings (SSSR count). The molecule has 6 aromatic rings. The molecule has 0 bridgehead atoms. The van der Waals surface area contributed by atoms with Gasteiger partial charge in [-0.1, -0.05) is 51.6 Å². The van der Waals surface area contributed by atoms with Gasteiger partial charge in [-0.05, 0) is 103 Å². The third-order valence-electron chi connectivity index (χ3n) is 12.6. The third-order valence-corrected chi connectivity index (χ3v) is 13.6. The number of hydrazone groups is 12. The lowest BCUT2D eigenvalue weighted by Gasteiger charge is -2.14. The first-order valence-corrected chi connectivity index (χ1v) is 38.9. The Morgan fingerprint density at radius 1 is 0.333 bits per heavy atom. The van der Waals surface area contributed by atoms with Crippen molar-refractivity contribution in [2.24, 2.45) is 264 Å². The Labute approximate surface area is 789 Å². The molecule has 0 saturated carbocycles. The number of nitrogens with two attached hydrogens (primary N) is 30. The molecule has 0 aliphatic rings. The van der Waals surface area contributed by atoms with Crippen molar-refractivity contribution in [3.05, 3.63) is 174 Å². The lowest BCUT2D eigenvalue weighted by Crippen LogP contribution is -2.70. The van der Waals surface area contributed by atoms with Crippen LogP contribution in [0.1, 0.15) is 114 Å². The van der Waals surface area contributed by atoms with Crippen molar-refractivity contribution in [3.63, 3.8) is 0 Å². The summed E-state index contributed by atoms with van der Waals surface area (Å²) in [6.45, 7) is 2.29. The number of benzene rings is 4. The van der Waals surface area contributed by atoms with E-state index in [4.69, 9.17) is 181 Å². The van der Waals surface area contributed by atoms with Crippen LogP contribution >= 0.6 is 11.3 Å². The average molecular weight is 1940 g/mol. The molecule has 0 unspecified atom stereocenters. The Morgan fingerprint density at radius 3 is 0.949 bits per heavy atom. The maximum atomic E-state index is 10.6. The summed E-state index contributed by atoms with van der Waals surface area (Å²) in [6, 6.07) is 29.8. The third kappa shape index (κ3) is 72.2. The molecule has 0 aliphatic heterocycles. The van der Waals surface area contributed by atoms with Gasteiger partial charge >= 0.3 is 7.12 Å². The fourth-order valence-corrected chi connectivity index (χ4v) is 8.51. The molecule has 0 saturated heterocycles. The zero-order chi connectivity index (χ0) is 104. The number of furan rings is 1. The summed E-state index contributed by atoms with van der Waals surface area (Å²) in [5.41, 5.74) is 160. The number of nitrogens with zero attached hydrogens (tertiary/aromatic N) is 18. The van der Waals surface area contributed by atoms with Gasteiger partial charge in [-0.25, -0.2) is 0 Å². The highest BCUT2D eigenvalue weighted by atomic mass is 32.1. The van der Waals surface area contributed by atoms with Crippen LogP contribution in [0.4, 0.5) is 0 Å². The molecule has 2 aromatic heterocycles. The van der Waals surface area contributed by atoms with Crippen LogP contribution in [-0.2, 0) is 0 Å². The molecule has 74 N–H and O–H groups in total. The molecule has 734 valence electrons. The maximum Gasteiger partial charge on any atom is 0.492 e. The molecular formula is C70H121BN60O6S+12. The predicted molar refractivity (Wildman–Crippen MR) is 536 cm³/mol. The van der Waals surface area contributed by atoms with Crippen LogP contribution in [0.15, 0.2) is 199 Å². The lowest BCUT2D eigenvalue weighted by atomic mass is 9.77. The lowest BCUT2D eigenvalue weighted by molar-refractivity contribution is -0.470. The van der Waals surface area contributed by atoms with Gasteiger partial charge in [-0.3, -0.25) is 9.59 Å². The number of thiophene rings is 1. The summed E-state index contributed by atoms with van der Waals surface area (Å²) >= 11 is 1.50. The van der Waals surface area contributed by atoms with Crippen molar-refractivity contribution in [1.82, 2.24) is 0 Å². The topological polar surface area (TPSA) is 1270 Å². The highest BCUT2D eigenvalue weighted by Gasteiger charge is 2.22. The molecule has 0 fully saturated rings. The van der Waals surface area contributed by atoms with E-state index in [9.17, 15) is 19.6 Å². The second-order valence-electron chi connectivity index (χ2n) is 24.4. The van der Waals surface area contributed by atoms with E-state index in [2.05, 4.69) is 153 Å². The van der Waals surface area contributed by atoms with Gasteiger partial charge in [0.1, 0.15) is 18.3 Å². The number of nitrogens with one attached hydrogen (secondary N) is 12. The molecule has 66 nitrogen and oxygen atoms in total. The number of guanidine groups is 15. The molecule has 0 spiro atoms. The smallest absolute Gasteiger partial charge is 0.492 e. The standard InChI is InChI=1S/C13H21BN8O3.2C10H14N8.C10H10N4O2.C8H12N8O.C8H12N8S.C7H16N8.C4H10N8/c1-2-3-25-11-9(7-20-22-13(17)18)4-8(5-10(11)14(23)24)6-19-21-12(15)16;2*11-9(12)17-15-5-7-2-1-3-8(4-7)6-16-18-10(13)14;11-10(12)14-13-4-7-1-8(5-15)3-9(2-7)6-16;2*9-7(10)15-13-3-5-1-2-6(17-5)4-14-16-8(11)12;8-6(9)14-12-4-2-1-3-5-13-15-7(10)11;5-3(6)11-9-1-2-10-12-4(7)8/h4-7,23-24H,2-3H2,1H3,(H4,15,16,21)(H4,17,18,22);2*1-6H,(H4,11,12,17)(H4,13,14,18);1-6H,(H4,11,12,14);2*1-4H,(H4,9,10,15)(H4,11,12,16);4-5H,1-3H2,(H4,8,9,14)(H4,10,11,15);1-2H,(H4,5,6,11)(H4,7,8,12)/p+12. The van der Waals surface area contributed by atoms with Gasteiger partial charge in [0.25, 0.3) is 83.9 Å². The Kier molecular flexibility index (Phi) is 63.9. The van der Waals surface area contributed by atoms with Gasteiger partial charge < -0.3 is 191 Å². The van der Waals surface area contributed by atoms with Gasteiger partial charge in [-0.15, -0.1) is 67.5 Å². The van der Waals surface area contributed by atoms with Crippen LogP contribution in [0.2, 0.25) is 0 Å². The van der Waals surface area contributed by atoms with Crippen molar-refractivity contribution >= 4 is 219 Å². The Bertz CT molecular complexity index is 5230. The molecule has 0 amide bonds. The van der Waals surface area contributed by atoms with Crippen LogP contribution in [0, 0.1) is 0 Å². The second kappa shape index (κ2) is 74.1. The molecule has 0 atom stereocenters. The van der Waals surface area contributed by atoms with Gasteiger partial charge in [0, 0.05) is 118 Å². The van der Waals surface area contributed by atoms with E-state index in [0.29, 0.717) is 58.5 Å². The predicted octanol–water partition coefficient (Wildman–Crippen LogP) is -34.3. The quantitative estimate of drug-likeness (QED) is 0.00430. The maximum absolute atomic E-state index is 10.6. The summed E-state index contributed by atoms with van der Waals surface area (Å²) in [4.78, 5) is 23.1. The molecule has 0 aliphatic carbocycles. The SMILES string of the molecule is CCCOc1c(C=NN=C(N)N)cc(C=[NH+]N=C(N)N)cc1B(O)O.NC(N)=NN=Cc1cccc(C=[NH+]N=C(N)N)c1.NC(N)=NN=Cc1cccc(C=[NH+]N=C(N)N)c1.NC(N)=N[NH+]=CC=[NH+]N=C(N)N.NC(N)=N[NH+]=CCCCC=[NH+]N=C(N)N.NC(N)=N[NH+]=Cc1cc(C=O)cc(C=O)c1.NC(N)=N[NH+]=Cc1ccc(C=[NH+]N=C(N)N)o1.NC(N)=N[NH+]=Cc1ccc(C=[NH+]N=C(N)N)s1. The second-order valence-corrected chi connectivity index (χ2v) is 25.5. The summed E-state index contributed by atoms with van der Waals surface area (Å²) in [7, 11) is -1.77. The fourth-order valence-electron chi connectivity index (χ4n) is 7.75. The molecule has 2 heterocycles. The normalized spacial score (nSPS) is 10.6. The number of ether oxygens (including phenoxy) is 1. The minimum absolute atomic E-state index is 0.00670. The molecule has 68 heteroatoms.